The molecule has 0 aromatic rings. The molecule has 32 nitrogen and oxygen atoms in total. The summed E-state index contributed by atoms with van der Waals surface area (Å²) in [7, 11) is 0. The molecule has 97 heavy (non-hydrogen) atoms. The summed E-state index contributed by atoms with van der Waals surface area (Å²) in [4.78, 5) is 15.2. The Labute approximate surface area is 561 Å². The largest absolute Gasteiger partial charge is 0.432 e. The fourth-order valence-corrected chi connectivity index (χ4v) is 19.0. The molecule has 5 aliphatic carbocycles. The summed E-state index contributed by atoms with van der Waals surface area (Å²) in [6.45, 7) is 10.9. The molecule has 0 spiro atoms. The number of rotatable bonds is 17. The Hall–Kier alpha value is -1.99. The van der Waals surface area contributed by atoms with Gasteiger partial charge < -0.3 is 154 Å². The fourth-order valence-electron chi connectivity index (χ4n) is 19.0. The van der Waals surface area contributed by atoms with Crippen LogP contribution in [0.2, 0.25) is 0 Å². The van der Waals surface area contributed by atoms with Gasteiger partial charge in [0.2, 0.25) is 6.29 Å². The minimum atomic E-state index is -2.06. The summed E-state index contributed by atoms with van der Waals surface area (Å²) < 4.78 is 71.2. The molecule has 6 heterocycles. The highest BCUT2D eigenvalue weighted by Gasteiger charge is 2.71. The van der Waals surface area contributed by atoms with Gasteiger partial charge in [0.25, 0.3) is 0 Å². The molecule has 0 aromatic carbocycles. The Bertz CT molecular complexity index is 2710. The molecule has 32 heteroatoms. The molecular formula is C65H106O32. The van der Waals surface area contributed by atoms with Gasteiger partial charge in [0.05, 0.1) is 57.3 Å². The van der Waals surface area contributed by atoms with Gasteiger partial charge in [-0.15, -0.1) is 0 Å². The van der Waals surface area contributed by atoms with Gasteiger partial charge in [0.15, 0.2) is 31.5 Å². The Morgan fingerprint density at radius 3 is 1.66 bits per heavy atom. The molecule has 38 atom stereocenters. The normalized spacial score (nSPS) is 54.7. The third kappa shape index (κ3) is 13.2. The zero-order chi connectivity index (χ0) is 70.7. The average molecular weight is 1400 g/mol. The number of esters is 1. The quantitative estimate of drug-likeness (QED) is 0.0366. The van der Waals surface area contributed by atoms with Crippen molar-refractivity contribution in [2.24, 2.45) is 50.2 Å². The minimum Gasteiger partial charge on any atom is -0.432 e. The van der Waals surface area contributed by atoms with E-state index in [0.717, 1.165) is 12.0 Å². The molecule has 6 aliphatic heterocycles. The third-order valence-corrected chi connectivity index (χ3v) is 25.3. The number of aliphatic hydroxyl groups is 19. The number of fused-ring (bicyclic) bond motifs is 7. The topological polar surface area (TPSA) is 512 Å². The maximum Gasteiger partial charge on any atom is 0.315 e. The molecule has 10 fully saturated rings. The minimum absolute atomic E-state index is 0.0526. The molecule has 4 saturated carbocycles. The molecule has 0 bridgehead atoms. The van der Waals surface area contributed by atoms with E-state index in [1.165, 1.54) is 6.92 Å². The lowest BCUT2D eigenvalue weighted by Gasteiger charge is -2.71. The zero-order valence-corrected chi connectivity index (χ0v) is 55.7. The van der Waals surface area contributed by atoms with Crippen LogP contribution in [0.25, 0.3) is 0 Å². The predicted molar refractivity (Wildman–Crippen MR) is 322 cm³/mol. The van der Waals surface area contributed by atoms with Gasteiger partial charge in [-0.05, 0) is 111 Å². The van der Waals surface area contributed by atoms with Gasteiger partial charge in [-0.1, -0.05) is 53.2 Å². The monoisotopic (exact) mass is 1400 g/mol. The van der Waals surface area contributed by atoms with Crippen molar-refractivity contribution in [1.82, 2.24) is 0 Å². The maximum absolute atomic E-state index is 15.2. The molecule has 0 aromatic heterocycles. The van der Waals surface area contributed by atoms with Crippen LogP contribution < -0.4 is 0 Å². The standard InChI is InChI=1S/C65H106O32/c1-25-36(71)51(95-55-48(83)44(79)50(31(21-68)91-55)94-54-46(81)42(77)39(74)30(20-67)90-54)49(84)57(88-25)96-52-37(72)28(70)22-86-58(52)93-35-11-12-61(4)33(62(35,5)24-69)10-13-64(7)34(61)9-8-26-27-18-60(2,3)14-16-65(27,17-15-63(26,64)6)59(85)97-56-47(82)43(78)40(75)32(92-56)23-87-53-45(80)41(76)38(73)29(19-66)89-53/h8,25,27-58,66-84H,9-24H2,1-7H3/t25-,27+,28-,29-,30-,31-,32-,33+,34+,35-,36-,37+,38-,39-,40-,41+,42+,43+,44-,45-,46-,47-,48-,49-,50-,51+,52-,53-,54+,55+,56+,57+,58+,61-,62-,63+,64+,65+/m0/s1. The number of carbonyl (C=O) groups is 1. The van der Waals surface area contributed by atoms with Crippen LogP contribution in [0.15, 0.2) is 11.6 Å². The second-order valence-corrected chi connectivity index (χ2v) is 31.3. The van der Waals surface area contributed by atoms with E-state index in [1.54, 1.807) is 0 Å². The number of aliphatic hydroxyl groups excluding tert-OH is 19. The first-order valence-corrected chi connectivity index (χ1v) is 34.3. The summed E-state index contributed by atoms with van der Waals surface area (Å²) in [5, 5.41) is 206. The maximum atomic E-state index is 15.2. The van der Waals surface area contributed by atoms with Crippen LogP contribution in [0.4, 0.5) is 0 Å². The van der Waals surface area contributed by atoms with Crippen LogP contribution in [-0.4, -0.2) is 327 Å². The molecule has 0 amide bonds. The summed E-state index contributed by atoms with van der Waals surface area (Å²) in [6, 6.07) is 0. The van der Waals surface area contributed by atoms with Crippen molar-refractivity contribution >= 4 is 5.97 Å². The van der Waals surface area contributed by atoms with Crippen LogP contribution in [-0.2, 0) is 61.6 Å². The summed E-state index contributed by atoms with van der Waals surface area (Å²) in [6.07, 6.45) is -42.2. The first kappa shape index (κ1) is 76.1. The lowest BCUT2D eigenvalue weighted by molar-refractivity contribution is -0.390. The second kappa shape index (κ2) is 28.8. The first-order chi connectivity index (χ1) is 45.6. The highest BCUT2D eigenvalue weighted by molar-refractivity contribution is 5.79. The number of carbonyl (C=O) groups excluding carboxylic acids is 1. The Morgan fingerprint density at radius 2 is 1.03 bits per heavy atom. The van der Waals surface area contributed by atoms with Crippen molar-refractivity contribution in [3.63, 3.8) is 0 Å². The van der Waals surface area contributed by atoms with E-state index < -0.39 is 245 Å². The van der Waals surface area contributed by atoms with Crippen molar-refractivity contribution in [2.75, 3.05) is 39.6 Å². The van der Waals surface area contributed by atoms with Crippen LogP contribution in [0.1, 0.15) is 113 Å². The van der Waals surface area contributed by atoms with E-state index in [2.05, 4.69) is 40.7 Å². The van der Waals surface area contributed by atoms with Crippen LogP contribution in [0.5, 0.6) is 0 Å². The van der Waals surface area contributed by atoms with Crippen LogP contribution in [0.3, 0.4) is 0 Å². The molecule has 558 valence electrons. The summed E-state index contributed by atoms with van der Waals surface area (Å²) in [5.41, 5.74) is -2.30. The van der Waals surface area contributed by atoms with Crippen molar-refractivity contribution in [2.45, 2.75) is 297 Å². The number of ether oxygens (including phenoxy) is 12. The SMILES string of the molecule is C[C@@H]1O[C@H](O[C@@H]2[C@@H](O[C@H]3CC[C@@]4(C)[C@@H](CC[C@]5(C)[C@@H]4CC=C4[C@H]6CC(C)(C)CC[C@@]6(C(=O)O[C@H]6O[C@@H](CO[C@H]7O[C@@H](CO)[C@H](O)[C@@H](O)[C@@H]7O)[C@H](O)[C@@H](O)[C@@H]6O)CC[C@]45C)[C@]3(C)CO)OC[C@H](O)[C@H]2O)[C@@H](O)[C@H](O[C@H]2O[C@@H](CO)[C@H](O[C@H]3O[C@@H](CO)[C@H](O)[C@@H](O)[C@@H]3O)[C@@H](O)[C@@H]2O)[C@H]1O. The predicted octanol–water partition coefficient (Wildman–Crippen LogP) is -5.75. The van der Waals surface area contributed by atoms with Gasteiger partial charge in [-0.3, -0.25) is 4.79 Å². The zero-order valence-electron chi connectivity index (χ0n) is 55.7. The van der Waals surface area contributed by atoms with Crippen molar-refractivity contribution in [3.8, 4) is 0 Å². The fraction of sp³-hybridized carbons (Fsp3) is 0.954. The van der Waals surface area contributed by atoms with Gasteiger partial charge in [0, 0.05) is 5.41 Å². The highest BCUT2D eigenvalue weighted by atomic mass is 16.8. The van der Waals surface area contributed by atoms with Gasteiger partial charge in [-0.2, -0.15) is 0 Å². The Morgan fingerprint density at radius 1 is 0.495 bits per heavy atom. The van der Waals surface area contributed by atoms with E-state index in [-0.39, 0.29) is 35.2 Å². The van der Waals surface area contributed by atoms with Crippen LogP contribution in [0, 0.1) is 50.2 Å². The molecule has 0 radical (unpaired) electrons. The first-order valence-electron chi connectivity index (χ1n) is 34.3. The van der Waals surface area contributed by atoms with E-state index in [1.807, 2.05) is 6.92 Å². The highest BCUT2D eigenvalue weighted by Crippen LogP contribution is 2.76. The summed E-state index contributed by atoms with van der Waals surface area (Å²) in [5.74, 6) is -1.05. The van der Waals surface area contributed by atoms with E-state index in [4.69, 9.17) is 56.8 Å². The third-order valence-electron chi connectivity index (χ3n) is 25.3. The van der Waals surface area contributed by atoms with Crippen LogP contribution >= 0.6 is 0 Å². The number of hydrogen-bond acceptors (Lipinski definition) is 32. The molecule has 19 N–H and O–H groups in total. The molecule has 6 saturated heterocycles. The van der Waals surface area contributed by atoms with Gasteiger partial charge in [0.1, 0.15) is 134 Å². The lowest BCUT2D eigenvalue weighted by Crippen LogP contribution is -2.67. The van der Waals surface area contributed by atoms with Gasteiger partial charge >= 0.3 is 5.97 Å². The Kier molecular flexibility index (Phi) is 22.6. The smallest absolute Gasteiger partial charge is 0.315 e. The average Bonchev–Trinajstić information content (AvgIpc) is 0.675. The lowest BCUT2D eigenvalue weighted by atomic mass is 9.33. The molecule has 11 aliphatic rings. The molecular weight excluding hydrogens is 1290 g/mol. The van der Waals surface area contributed by atoms with Crippen molar-refractivity contribution in [3.05, 3.63) is 11.6 Å². The second-order valence-electron chi connectivity index (χ2n) is 31.3. The Balaban J connectivity index is 0.772. The van der Waals surface area contributed by atoms with E-state index in [0.29, 0.717) is 57.8 Å². The van der Waals surface area contributed by atoms with E-state index in [9.17, 15) is 97.0 Å². The van der Waals surface area contributed by atoms with Crippen molar-refractivity contribution in [1.29, 1.82) is 0 Å². The van der Waals surface area contributed by atoms with Gasteiger partial charge in [-0.25, -0.2) is 0 Å². The molecule has 0 unspecified atom stereocenters. The van der Waals surface area contributed by atoms with Crippen molar-refractivity contribution < 1.29 is 159 Å². The number of hydrogen-bond donors (Lipinski definition) is 19. The molecule has 11 rings (SSSR count). The van der Waals surface area contributed by atoms with E-state index >= 15 is 4.79 Å². The number of allylic oxidation sites excluding steroid dienone is 2. The summed E-state index contributed by atoms with van der Waals surface area (Å²) >= 11 is 0.